The van der Waals surface area contributed by atoms with Gasteiger partial charge in [0, 0.05) is 12.6 Å². The van der Waals surface area contributed by atoms with Gasteiger partial charge >= 0.3 is 0 Å². The van der Waals surface area contributed by atoms with Crippen LogP contribution in [-0.4, -0.2) is 21.5 Å². The maximum atomic E-state index is 9.63. The minimum atomic E-state index is 0.0219. The van der Waals surface area contributed by atoms with Crippen molar-refractivity contribution in [3.63, 3.8) is 0 Å². The summed E-state index contributed by atoms with van der Waals surface area (Å²) in [6.07, 6.45) is 0. The lowest BCUT2D eigenvalue weighted by atomic mass is 10.2. The second kappa shape index (κ2) is 3.76. The van der Waals surface area contributed by atoms with Crippen molar-refractivity contribution in [2.45, 2.75) is 5.37 Å². The van der Waals surface area contributed by atoms with Crippen molar-refractivity contribution >= 4 is 28.3 Å². The van der Waals surface area contributed by atoms with Gasteiger partial charge in [0.25, 0.3) is 0 Å². The molecule has 0 saturated carbocycles. The SMILES string of the molecule is CN1NC(c2ccccc2O)SC1=S. The molecule has 2 N–H and O–H groups in total. The smallest absolute Gasteiger partial charge is 0.152 e. The summed E-state index contributed by atoms with van der Waals surface area (Å²) in [5.74, 6) is 0.301. The van der Waals surface area contributed by atoms with Crippen molar-refractivity contribution in [1.29, 1.82) is 0 Å². The molecule has 2 rings (SSSR count). The number of nitrogens with zero attached hydrogens (tertiary/aromatic N) is 1. The van der Waals surface area contributed by atoms with Gasteiger partial charge in [-0.2, -0.15) is 0 Å². The molecule has 5 heteroatoms. The van der Waals surface area contributed by atoms with Crippen molar-refractivity contribution in [2.75, 3.05) is 7.05 Å². The van der Waals surface area contributed by atoms with E-state index in [4.69, 9.17) is 12.2 Å². The Morgan fingerprint density at radius 1 is 1.50 bits per heavy atom. The number of aromatic hydroxyl groups is 1. The maximum absolute atomic E-state index is 9.63. The highest BCUT2D eigenvalue weighted by molar-refractivity contribution is 8.23. The zero-order valence-corrected chi connectivity index (χ0v) is 9.23. The van der Waals surface area contributed by atoms with Crippen molar-refractivity contribution in [3.05, 3.63) is 29.8 Å². The van der Waals surface area contributed by atoms with Crippen LogP contribution in [0.4, 0.5) is 0 Å². The van der Waals surface area contributed by atoms with E-state index >= 15 is 0 Å². The number of rotatable bonds is 1. The monoisotopic (exact) mass is 226 g/mol. The summed E-state index contributed by atoms with van der Waals surface area (Å²) in [6.45, 7) is 0. The average molecular weight is 226 g/mol. The zero-order valence-electron chi connectivity index (χ0n) is 7.60. The van der Waals surface area contributed by atoms with E-state index in [0.717, 1.165) is 9.88 Å². The van der Waals surface area contributed by atoms with E-state index in [0.29, 0.717) is 5.75 Å². The van der Waals surface area contributed by atoms with Gasteiger partial charge in [-0.05, 0) is 6.07 Å². The fourth-order valence-corrected chi connectivity index (χ4v) is 2.57. The molecule has 14 heavy (non-hydrogen) atoms. The fraction of sp³-hybridized carbons (Fsp3) is 0.222. The van der Waals surface area contributed by atoms with E-state index in [1.807, 2.05) is 19.2 Å². The normalized spacial score (nSPS) is 21.6. The highest BCUT2D eigenvalue weighted by atomic mass is 32.2. The molecule has 74 valence electrons. The van der Waals surface area contributed by atoms with Crippen LogP contribution in [0.25, 0.3) is 0 Å². The highest BCUT2D eigenvalue weighted by Crippen LogP contribution is 2.37. The molecule has 0 aliphatic carbocycles. The Morgan fingerprint density at radius 2 is 2.21 bits per heavy atom. The van der Waals surface area contributed by atoms with Gasteiger partial charge in [0.15, 0.2) is 4.32 Å². The summed E-state index contributed by atoms with van der Waals surface area (Å²) in [5, 5.41) is 11.4. The molecule has 1 saturated heterocycles. The fourth-order valence-electron chi connectivity index (χ4n) is 1.28. The van der Waals surface area contributed by atoms with Crippen LogP contribution in [0.15, 0.2) is 24.3 Å². The summed E-state index contributed by atoms with van der Waals surface area (Å²) < 4.78 is 0.790. The van der Waals surface area contributed by atoms with Gasteiger partial charge in [0.05, 0.1) is 0 Å². The largest absolute Gasteiger partial charge is 0.508 e. The third-order valence-electron chi connectivity index (χ3n) is 2.02. The van der Waals surface area contributed by atoms with E-state index in [1.165, 1.54) is 11.8 Å². The molecule has 1 aliphatic heterocycles. The zero-order chi connectivity index (χ0) is 10.1. The summed E-state index contributed by atoms with van der Waals surface area (Å²) in [4.78, 5) is 0. The van der Waals surface area contributed by atoms with Crippen LogP contribution >= 0.6 is 24.0 Å². The van der Waals surface area contributed by atoms with Crippen molar-refractivity contribution in [1.82, 2.24) is 10.4 Å². The Morgan fingerprint density at radius 3 is 2.79 bits per heavy atom. The third-order valence-corrected chi connectivity index (χ3v) is 3.66. The topological polar surface area (TPSA) is 35.5 Å². The molecule has 0 spiro atoms. The molecular weight excluding hydrogens is 216 g/mol. The first-order valence-corrected chi connectivity index (χ1v) is 5.45. The first-order chi connectivity index (χ1) is 6.68. The van der Waals surface area contributed by atoms with Gasteiger partial charge in [-0.25, -0.2) is 5.43 Å². The number of nitrogens with one attached hydrogen (secondary N) is 1. The summed E-state index contributed by atoms with van der Waals surface area (Å²) >= 11 is 6.63. The maximum Gasteiger partial charge on any atom is 0.152 e. The predicted molar refractivity (Wildman–Crippen MR) is 61.9 cm³/mol. The molecular formula is C9H10N2OS2. The van der Waals surface area contributed by atoms with E-state index < -0.39 is 0 Å². The number of para-hydroxylation sites is 1. The van der Waals surface area contributed by atoms with Crippen LogP contribution in [0.1, 0.15) is 10.9 Å². The highest BCUT2D eigenvalue weighted by Gasteiger charge is 2.26. The van der Waals surface area contributed by atoms with Gasteiger partial charge in [-0.3, -0.25) is 5.01 Å². The quantitative estimate of drug-likeness (QED) is 0.715. The molecule has 1 atom stereocenters. The molecule has 1 fully saturated rings. The molecule has 0 amide bonds. The minimum absolute atomic E-state index is 0.0219. The Labute approximate surface area is 92.1 Å². The number of hydrogen-bond donors (Lipinski definition) is 2. The number of phenols is 1. The van der Waals surface area contributed by atoms with Gasteiger partial charge < -0.3 is 5.11 Å². The number of thioether (sulfide) groups is 1. The standard InChI is InChI=1S/C9H10N2OS2/c1-11-9(13)14-8(10-11)6-4-2-3-5-7(6)12/h2-5,8,10,12H,1H3. The molecule has 1 heterocycles. The summed E-state index contributed by atoms with van der Waals surface area (Å²) in [5.41, 5.74) is 4.02. The molecule has 1 aliphatic rings. The van der Waals surface area contributed by atoms with E-state index in [1.54, 1.807) is 17.1 Å². The lowest BCUT2D eigenvalue weighted by molar-refractivity contribution is 0.376. The van der Waals surface area contributed by atoms with E-state index in [2.05, 4.69) is 5.43 Å². The predicted octanol–water partition coefficient (Wildman–Crippen LogP) is 1.86. The van der Waals surface area contributed by atoms with Gasteiger partial charge in [-0.15, -0.1) is 0 Å². The molecule has 1 aromatic carbocycles. The third kappa shape index (κ3) is 1.70. The van der Waals surface area contributed by atoms with Gasteiger partial charge in [0.2, 0.25) is 0 Å². The van der Waals surface area contributed by atoms with Crippen molar-refractivity contribution in [3.8, 4) is 5.75 Å². The number of thiocarbonyl (C=S) groups is 1. The molecule has 1 unspecified atom stereocenters. The number of benzene rings is 1. The van der Waals surface area contributed by atoms with E-state index in [9.17, 15) is 5.11 Å². The molecule has 1 aromatic rings. The number of hydrazine groups is 1. The van der Waals surface area contributed by atoms with Crippen LogP contribution in [0, 0.1) is 0 Å². The Hall–Kier alpha value is -0.780. The van der Waals surface area contributed by atoms with Crippen LogP contribution in [-0.2, 0) is 0 Å². The van der Waals surface area contributed by atoms with Crippen molar-refractivity contribution < 1.29 is 5.11 Å². The summed E-state index contributed by atoms with van der Waals surface area (Å²) in [6, 6.07) is 7.28. The van der Waals surface area contributed by atoms with E-state index in [-0.39, 0.29) is 5.37 Å². The lowest BCUT2D eigenvalue weighted by Crippen LogP contribution is -2.29. The number of phenolic OH excluding ortho intramolecular Hbond substituents is 1. The molecule has 0 bridgehead atoms. The molecule has 3 nitrogen and oxygen atoms in total. The molecule has 0 radical (unpaired) electrons. The van der Waals surface area contributed by atoms with Crippen LogP contribution in [0.2, 0.25) is 0 Å². The first kappa shape index (κ1) is 9.76. The van der Waals surface area contributed by atoms with Crippen LogP contribution < -0.4 is 5.43 Å². The number of hydrogen-bond acceptors (Lipinski definition) is 4. The first-order valence-electron chi connectivity index (χ1n) is 4.17. The minimum Gasteiger partial charge on any atom is -0.508 e. The summed E-state index contributed by atoms with van der Waals surface area (Å²) in [7, 11) is 1.87. The van der Waals surface area contributed by atoms with Gasteiger partial charge in [-0.1, -0.05) is 42.2 Å². The Kier molecular flexibility index (Phi) is 2.62. The van der Waals surface area contributed by atoms with Crippen molar-refractivity contribution in [2.24, 2.45) is 0 Å². The van der Waals surface area contributed by atoms with Crippen LogP contribution in [0.5, 0.6) is 5.75 Å². The Bertz CT molecular complexity index is 370. The average Bonchev–Trinajstić information content (AvgIpc) is 2.48. The molecule has 0 aromatic heterocycles. The lowest BCUT2D eigenvalue weighted by Gasteiger charge is -2.13. The van der Waals surface area contributed by atoms with Gasteiger partial charge in [0.1, 0.15) is 11.1 Å². The second-order valence-electron chi connectivity index (χ2n) is 3.01. The van der Waals surface area contributed by atoms with Crippen LogP contribution in [0.3, 0.4) is 0 Å². The Balaban J connectivity index is 2.25. The second-order valence-corrected chi connectivity index (χ2v) is 4.75.